The first-order valence-corrected chi connectivity index (χ1v) is 11.4. The summed E-state index contributed by atoms with van der Waals surface area (Å²) in [6, 6.07) is 0. The quantitative estimate of drug-likeness (QED) is 0.0965. The Bertz CT molecular complexity index is 727. The summed E-state index contributed by atoms with van der Waals surface area (Å²) >= 11 is 0. The number of carbonyl (C=O) groups excluding carboxylic acids is 3. The zero-order valence-corrected chi connectivity index (χ0v) is 20.9. The normalized spacial score (nSPS) is 35.1. The molecule has 0 radical (unpaired) electrons. The van der Waals surface area contributed by atoms with Crippen LogP contribution in [0.25, 0.3) is 0 Å². The topological polar surface area (TPSA) is 268 Å². The van der Waals surface area contributed by atoms with Crippen molar-refractivity contribution >= 4 is 17.9 Å². The highest BCUT2D eigenvalue weighted by atomic mass is 16.7. The van der Waals surface area contributed by atoms with Crippen molar-refractivity contribution in [3.63, 3.8) is 0 Å². The largest absolute Gasteiger partial charge is 0.462 e. The second kappa shape index (κ2) is 16.2. The summed E-state index contributed by atoms with van der Waals surface area (Å²) in [6.45, 7) is 2.09. The minimum Gasteiger partial charge on any atom is -0.462 e. The maximum atomic E-state index is 10.6. The molecule has 0 aromatic heterocycles. The fourth-order valence-corrected chi connectivity index (χ4v) is 3.34. The molecule has 0 amide bonds. The third kappa shape index (κ3) is 10.3. The van der Waals surface area contributed by atoms with Crippen LogP contribution in [0.15, 0.2) is 0 Å². The first-order chi connectivity index (χ1) is 17.7. The van der Waals surface area contributed by atoms with Crippen molar-refractivity contribution in [2.24, 2.45) is 0 Å². The molecule has 0 aromatic rings. The molecule has 17 heteroatoms. The first-order valence-electron chi connectivity index (χ1n) is 11.4. The second-order valence-electron chi connectivity index (χ2n) is 8.36. The van der Waals surface area contributed by atoms with Gasteiger partial charge in [-0.1, -0.05) is 0 Å². The lowest BCUT2D eigenvalue weighted by Crippen LogP contribution is -2.64. The molecular formula is C21H36O17. The molecule has 1 unspecified atom stereocenters. The van der Waals surface area contributed by atoms with Gasteiger partial charge in [-0.3, -0.25) is 14.4 Å². The fourth-order valence-electron chi connectivity index (χ4n) is 3.34. The molecule has 2 heterocycles. The molecule has 0 aliphatic carbocycles. The van der Waals surface area contributed by atoms with Crippen LogP contribution in [0.5, 0.6) is 0 Å². The van der Waals surface area contributed by atoms with E-state index in [1.54, 1.807) is 0 Å². The van der Waals surface area contributed by atoms with E-state index in [2.05, 4.69) is 9.47 Å². The van der Waals surface area contributed by atoms with E-state index in [-0.39, 0.29) is 13.2 Å². The summed E-state index contributed by atoms with van der Waals surface area (Å²) in [5, 5.41) is 76.5. The smallest absolute Gasteiger partial charge is 0.303 e. The van der Waals surface area contributed by atoms with Gasteiger partial charge in [-0.05, 0) is 0 Å². The van der Waals surface area contributed by atoms with Gasteiger partial charge < -0.3 is 69.3 Å². The van der Waals surface area contributed by atoms with Gasteiger partial charge in [0.15, 0.2) is 18.7 Å². The molecule has 8 N–H and O–H groups in total. The summed E-state index contributed by atoms with van der Waals surface area (Å²) < 4.78 is 29.3. The highest BCUT2D eigenvalue weighted by Gasteiger charge is 2.50. The van der Waals surface area contributed by atoms with Gasteiger partial charge in [0.05, 0.1) is 13.2 Å². The summed E-state index contributed by atoms with van der Waals surface area (Å²) in [4.78, 5) is 31.6. The number of rotatable bonds is 9. The zero-order valence-electron chi connectivity index (χ0n) is 20.9. The molecular weight excluding hydrogens is 524 g/mol. The number of aliphatic hydroxyl groups is 8. The lowest BCUT2D eigenvalue weighted by molar-refractivity contribution is -0.355. The molecule has 2 saturated heterocycles. The van der Waals surface area contributed by atoms with Gasteiger partial charge >= 0.3 is 17.9 Å². The number of aliphatic hydroxyl groups excluding tert-OH is 8. The molecule has 0 bridgehead atoms. The maximum absolute atomic E-state index is 10.6. The highest BCUT2D eigenvalue weighted by Crippen LogP contribution is 2.28. The summed E-state index contributed by atoms with van der Waals surface area (Å²) in [5.74, 6) is -1.51. The molecule has 2 fully saturated rings. The Morgan fingerprint density at radius 2 is 1.21 bits per heavy atom. The van der Waals surface area contributed by atoms with Gasteiger partial charge in [-0.2, -0.15) is 0 Å². The first kappa shape index (κ1) is 34.0. The van der Waals surface area contributed by atoms with Crippen molar-refractivity contribution in [2.75, 3.05) is 26.4 Å². The Labute approximate surface area is 217 Å². The Kier molecular flexibility index (Phi) is 14.5. The van der Waals surface area contributed by atoms with E-state index >= 15 is 0 Å². The number of carbonyl (C=O) groups is 3. The molecule has 222 valence electrons. The van der Waals surface area contributed by atoms with E-state index in [4.69, 9.17) is 24.1 Å². The monoisotopic (exact) mass is 560 g/mol. The number of esters is 3. The van der Waals surface area contributed by atoms with Crippen LogP contribution in [-0.2, 0) is 42.8 Å². The average Bonchev–Trinajstić information content (AvgIpc) is 2.85. The Hall–Kier alpha value is -2.03. The molecule has 2 aliphatic heterocycles. The van der Waals surface area contributed by atoms with Crippen LogP contribution < -0.4 is 0 Å². The Morgan fingerprint density at radius 3 is 1.66 bits per heavy atom. The third-order valence-corrected chi connectivity index (χ3v) is 5.26. The number of ether oxygens (including phenoxy) is 6. The van der Waals surface area contributed by atoms with Crippen molar-refractivity contribution in [3.8, 4) is 0 Å². The molecule has 0 saturated carbocycles. The van der Waals surface area contributed by atoms with Crippen LogP contribution >= 0.6 is 0 Å². The van der Waals surface area contributed by atoms with Crippen LogP contribution in [-0.4, -0.2) is 153 Å². The number of hydrogen-bond donors (Lipinski definition) is 8. The van der Waals surface area contributed by atoms with E-state index in [0.717, 1.165) is 0 Å². The van der Waals surface area contributed by atoms with Gasteiger partial charge in [-0.25, -0.2) is 0 Å². The van der Waals surface area contributed by atoms with E-state index < -0.39 is 98.6 Å². The van der Waals surface area contributed by atoms with Crippen LogP contribution in [0.4, 0.5) is 0 Å². The van der Waals surface area contributed by atoms with Crippen molar-refractivity contribution < 1.29 is 83.7 Å². The van der Waals surface area contributed by atoms with E-state index in [9.17, 15) is 50.1 Å². The van der Waals surface area contributed by atoms with Crippen molar-refractivity contribution in [1.82, 2.24) is 0 Å². The average molecular weight is 561 g/mol. The molecule has 2 rings (SSSR count). The van der Waals surface area contributed by atoms with Crippen LogP contribution in [0.3, 0.4) is 0 Å². The van der Waals surface area contributed by atoms with E-state index in [1.165, 1.54) is 20.8 Å². The second-order valence-corrected chi connectivity index (χ2v) is 8.36. The standard InChI is InChI=1S/C12H22O11.C9H14O6/c13-1-3-5(15)6(16)9(19)12(22-3)23-10-4(2-14)21-11(20)8(18)7(10)17;1-6(10)13-4-9(15-8(3)12)5-14-7(2)11/h3-20H,1-2H2;9H,4-5H2,1-3H3/t3-,4-,5+,6+,7-,8-,9-,10-,11?,12+;/m1./s1. The summed E-state index contributed by atoms with van der Waals surface area (Å²) in [7, 11) is 0. The van der Waals surface area contributed by atoms with Gasteiger partial charge in [0.25, 0.3) is 0 Å². The summed E-state index contributed by atoms with van der Waals surface area (Å²) in [5.41, 5.74) is 0. The summed E-state index contributed by atoms with van der Waals surface area (Å²) in [6.07, 6.45) is -16.3. The minimum absolute atomic E-state index is 0.123. The van der Waals surface area contributed by atoms with Crippen molar-refractivity contribution in [3.05, 3.63) is 0 Å². The Balaban J connectivity index is 0.000000420. The van der Waals surface area contributed by atoms with Gasteiger partial charge in [0, 0.05) is 20.8 Å². The van der Waals surface area contributed by atoms with Gasteiger partial charge in [-0.15, -0.1) is 0 Å². The predicted octanol–water partition coefficient (Wildman–Crippen LogP) is -5.35. The molecule has 0 spiro atoms. The molecule has 0 aromatic carbocycles. The minimum atomic E-state index is -1.74. The van der Waals surface area contributed by atoms with E-state index in [1.807, 2.05) is 0 Å². The van der Waals surface area contributed by atoms with Crippen molar-refractivity contribution in [1.29, 1.82) is 0 Å². The molecule has 2 aliphatic rings. The molecule has 10 atom stereocenters. The third-order valence-electron chi connectivity index (χ3n) is 5.26. The lowest BCUT2D eigenvalue weighted by Gasteiger charge is -2.45. The van der Waals surface area contributed by atoms with Crippen molar-refractivity contribution in [2.45, 2.75) is 88.3 Å². The fraction of sp³-hybridized carbons (Fsp3) is 0.857. The highest BCUT2D eigenvalue weighted by molar-refractivity contribution is 5.67. The zero-order chi connectivity index (χ0) is 29.2. The molecule has 17 nitrogen and oxygen atoms in total. The molecule has 38 heavy (non-hydrogen) atoms. The van der Waals surface area contributed by atoms with Gasteiger partial charge in [0.2, 0.25) is 0 Å². The van der Waals surface area contributed by atoms with Crippen LogP contribution in [0.2, 0.25) is 0 Å². The Morgan fingerprint density at radius 1 is 0.684 bits per heavy atom. The van der Waals surface area contributed by atoms with Gasteiger partial charge in [0.1, 0.15) is 62.0 Å². The number of hydrogen-bond acceptors (Lipinski definition) is 17. The lowest BCUT2D eigenvalue weighted by atomic mass is 9.97. The van der Waals surface area contributed by atoms with E-state index in [0.29, 0.717) is 0 Å². The SMILES string of the molecule is CC(=O)OCC(COC(C)=O)OC(C)=O.OC[C@H]1O[C@@H](O[C@H]2[C@H](O)[C@@H](O)C(O)O[C@@H]2CO)[C@H](O)[C@@H](O)[C@H]1O. The predicted molar refractivity (Wildman–Crippen MR) is 117 cm³/mol. The van der Waals surface area contributed by atoms with Crippen LogP contribution in [0.1, 0.15) is 20.8 Å². The van der Waals surface area contributed by atoms with Crippen LogP contribution in [0, 0.1) is 0 Å². The maximum Gasteiger partial charge on any atom is 0.303 e.